The van der Waals surface area contributed by atoms with Gasteiger partial charge in [0, 0.05) is 24.7 Å². The number of nitrogens with two attached hydrogens (primary N) is 1. The Hall–Kier alpha value is -1.52. The molecule has 1 aliphatic heterocycles. The molecule has 2 N–H and O–H groups in total. The van der Waals surface area contributed by atoms with Gasteiger partial charge in [-0.2, -0.15) is 0 Å². The number of piperidine rings is 1. The van der Waals surface area contributed by atoms with Crippen LogP contribution >= 0.6 is 12.4 Å². The van der Waals surface area contributed by atoms with Gasteiger partial charge in [-0.25, -0.2) is 0 Å². The summed E-state index contributed by atoms with van der Waals surface area (Å²) in [4.78, 5) is 14.4. The fraction of sp³-hybridized carbons (Fsp3) is 0.471. The minimum atomic E-state index is 0. The van der Waals surface area contributed by atoms with E-state index in [0.29, 0.717) is 18.1 Å². The van der Waals surface area contributed by atoms with Crippen LogP contribution < -0.4 is 10.5 Å². The molecule has 1 aliphatic rings. The summed E-state index contributed by atoms with van der Waals surface area (Å²) in [5, 5.41) is 0. The van der Waals surface area contributed by atoms with E-state index in [1.54, 1.807) is 6.08 Å². The van der Waals surface area contributed by atoms with Gasteiger partial charge in [0.25, 0.3) is 5.91 Å². The molecule has 122 valence electrons. The van der Waals surface area contributed by atoms with Crippen LogP contribution in [0, 0.1) is 5.92 Å². The summed E-state index contributed by atoms with van der Waals surface area (Å²) in [5.74, 6) is 1.23. The van der Waals surface area contributed by atoms with E-state index < -0.39 is 0 Å². The molecule has 22 heavy (non-hydrogen) atoms. The molecule has 2 atom stereocenters. The Kier molecular flexibility index (Phi) is 7.42. The van der Waals surface area contributed by atoms with Crippen molar-refractivity contribution in [3.8, 4) is 5.75 Å². The monoisotopic (exact) mass is 324 g/mol. The number of likely N-dealkylation sites (tertiary alicyclic amines) is 1. The molecular weight excluding hydrogens is 300 g/mol. The van der Waals surface area contributed by atoms with Crippen LogP contribution in [0.15, 0.2) is 36.9 Å². The van der Waals surface area contributed by atoms with Gasteiger partial charge < -0.3 is 15.4 Å². The SMILES string of the molecule is C=CCOc1ccc(C(=O)N2CCCC(C(C)N)C2)cc1.Cl. The number of nitrogens with zero attached hydrogens (tertiary/aromatic N) is 1. The predicted molar refractivity (Wildman–Crippen MR) is 91.7 cm³/mol. The van der Waals surface area contributed by atoms with E-state index in [0.717, 1.165) is 31.7 Å². The molecule has 0 saturated carbocycles. The Bertz CT molecular complexity index is 488. The molecule has 0 aliphatic carbocycles. The first-order chi connectivity index (χ1) is 10.1. The van der Waals surface area contributed by atoms with Gasteiger partial charge in [-0.1, -0.05) is 12.7 Å². The number of amides is 1. The lowest BCUT2D eigenvalue weighted by Gasteiger charge is -2.34. The Morgan fingerprint density at radius 2 is 2.18 bits per heavy atom. The molecule has 0 aromatic heterocycles. The van der Waals surface area contributed by atoms with E-state index >= 15 is 0 Å². The van der Waals surface area contributed by atoms with Gasteiger partial charge in [0.05, 0.1) is 0 Å². The second kappa shape index (κ2) is 8.81. The second-order valence-electron chi connectivity index (χ2n) is 5.64. The maximum Gasteiger partial charge on any atom is 0.253 e. The van der Waals surface area contributed by atoms with Crippen molar-refractivity contribution < 1.29 is 9.53 Å². The quantitative estimate of drug-likeness (QED) is 0.847. The molecular formula is C17H25ClN2O2. The van der Waals surface area contributed by atoms with Gasteiger partial charge >= 0.3 is 0 Å². The molecule has 0 bridgehead atoms. The van der Waals surface area contributed by atoms with Crippen LogP contribution in [0.2, 0.25) is 0 Å². The van der Waals surface area contributed by atoms with Crippen LogP contribution in [0.4, 0.5) is 0 Å². The molecule has 4 nitrogen and oxygen atoms in total. The lowest BCUT2D eigenvalue weighted by atomic mass is 9.92. The van der Waals surface area contributed by atoms with Gasteiger partial charge in [-0.3, -0.25) is 4.79 Å². The van der Waals surface area contributed by atoms with E-state index in [2.05, 4.69) is 6.58 Å². The normalized spacial score (nSPS) is 19.0. The molecule has 2 unspecified atom stereocenters. The highest BCUT2D eigenvalue weighted by molar-refractivity contribution is 5.94. The average Bonchev–Trinajstić information content (AvgIpc) is 2.53. The topological polar surface area (TPSA) is 55.6 Å². The van der Waals surface area contributed by atoms with Gasteiger partial charge in [0.15, 0.2) is 0 Å². The third-order valence-electron chi connectivity index (χ3n) is 3.96. The number of hydrogen-bond donors (Lipinski definition) is 1. The molecule has 1 amide bonds. The van der Waals surface area contributed by atoms with Crippen molar-refractivity contribution in [3.63, 3.8) is 0 Å². The molecule has 1 heterocycles. The summed E-state index contributed by atoms with van der Waals surface area (Å²) in [6, 6.07) is 7.41. The Balaban J connectivity index is 0.00000242. The molecule has 1 aromatic carbocycles. The molecule has 2 rings (SSSR count). The highest BCUT2D eigenvalue weighted by atomic mass is 35.5. The lowest BCUT2D eigenvalue weighted by Crippen LogP contribution is -2.45. The second-order valence-corrected chi connectivity index (χ2v) is 5.64. The number of halogens is 1. The Morgan fingerprint density at radius 1 is 1.50 bits per heavy atom. The van der Waals surface area contributed by atoms with Crippen molar-refractivity contribution in [1.82, 2.24) is 4.90 Å². The zero-order chi connectivity index (χ0) is 15.2. The van der Waals surface area contributed by atoms with Crippen molar-refractivity contribution in [3.05, 3.63) is 42.5 Å². The fourth-order valence-corrected chi connectivity index (χ4v) is 2.66. The highest BCUT2D eigenvalue weighted by Crippen LogP contribution is 2.21. The van der Waals surface area contributed by atoms with E-state index in [4.69, 9.17) is 10.5 Å². The minimum Gasteiger partial charge on any atom is -0.490 e. The number of carbonyl (C=O) groups is 1. The smallest absolute Gasteiger partial charge is 0.253 e. The fourth-order valence-electron chi connectivity index (χ4n) is 2.66. The first-order valence-electron chi connectivity index (χ1n) is 7.50. The van der Waals surface area contributed by atoms with Gasteiger partial charge in [0.2, 0.25) is 0 Å². The molecule has 1 saturated heterocycles. The van der Waals surface area contributed by atoms with E-state index in [9.17, 15) is 4.79 Å². The maximum absolute atomic E-state index is 12.5. The van der Waals surface area contributed by atoms with Crippen molar-refractivity contribution >= 4 is 18.3 Å². The first kappa shape index (κ1) is 18.5. The minimum absolute atomic E-state index is 0. The highest BCUT2D eigenvalue weighted by Gasteiger charge is 2.26. The van der Waals surface area contributed by atoms with Crippen molar-refractivity contribution in [2.24, 2.45) is 11.7 Å². The van der Waals surface area contributed by atoms with E-state index in [1.807, 2.05) is 36.1 Å². The maximum atomic E-state index is 12.5. The largest absolute Gasteiger partial charge is 0.490 e. The van der Waals surface area contributed by atoms with Crippen LogP contribution in [0.3, 0.4) is 0 Å². The zero-order valence-corrected chi connectivity index (χ0v) is 13.8. The molecule has 0 spiro atoms. The summed E-state index contributed by atoms with van der Waals surface area (Å²) in [7, 11) is 0. The molecule has 1 fully saturated rings. The van der Waals surface area contributed by atoms with Crippen LogP contribution in [0.1, 0.15) is 30.1 Å². The standard InChI is InChI=1S/C17H24N2O2.ClH/c1-3-11-21-16-8-6-14(7-9-16)17(20)19-10-4-5-15(12-19)13(2)18;/h3,6-9,13,15H,1,4-5,10-12,18H2,2H3;1H. The number of carbonyl (C=O) groups excluding carboxylic acids is 1. The first-order valence-corrected chi connectivity index (χ1v) is 7.50. The number of benzene rings is 1. The summed E-state index contributed by atoms with van der Waals surface area (Å²) in [6.07, 6.45) is 3.83. The van der Waals surface area contributed by atoms with Crippen molar-refractivity contribution in [2.45, 2.75) is 25.8 Å². The van der Waals surface area contributed by atoms with Gasteiger partial charge in [0.1, 0.15) is 12.4 Å². The van der Waals surface area contributed by atoms with Gasteiger partial charge in [-0.05, 0) is 49.9 Å². The lowest BCUT2D eigenvalue weighted by molar-refractivity contribution is 0.0661. The van der Waals surface area contributed by atoms with E-state index in [-0.39, 0.29) is 24.4 Å². The van der Waals surface area contributed by atoms with Crippen molar-refractivity contribution in [2.75, 3.05) is 19.7 Å². The van der Waals surface area contributed by atoms with Crippen LogP contribution in [-0.2, 0) is 0 Å². The molecule has 0 radical (unpaired) electrons. The van der Waals surface area contributed by atoms with Gasteiger partial charge in [-0.15, -0.1) is 12.4 Å². The Labute approximate surface area is 138 Å². The van der Waals surface area contributed by atoms with Crippen LogP contribution in [0.5, 0.6) is 5.75 Å². The third kappa shape index (κ3) is 4.75. The van der Waals surface area contributed by atoms with Crippen LogP contribution in [-0.4, -0.2) is 36.5 Å². The number of rotatable bonds is 5. The number of hydrogen-bond acceptors (Lipinski definition) is 3. The zero-order valence-electron chi connectivity index (χ0n) is 13.0. The summed E-state index contributed by atoms with van der Waals surface area (Å²) < 4.78 is 5.42. The summed E-state index contributed by atoms with van der Waals surface area (Å²) in [5.41, 5.74) is 6.67. The average molecular weight is 325 g/mol. The Morgan fingerprint density at radius 3 is 2.77 bits per heavy atom. The van der Waals surface area contributed by atoms with Crippen LogP contribution in [0.25, 0.3) is 0 Å². The molecule has 5 heteroatoms. The van der Waals surface area contributed by atoms with E-state index in [1.165, 1.54) is 0 Å². The van der Waals surface area contributed by atoms with Crippen molar-refractivity contribution in [1.29, 1.82) is 0 Å². The number of ether oxygens (including phenoxy) is 1. The molecule has 1 aromatic rings. The predicted octanol–water partition coefficient (Wildman–Crippen LogP) is 2.87. The third-order valence-corrected chi connectivity index (χ3v) is 3.96. The summed E-state index contributed by atoms with van der Waals surface area (Å²) in [6.45, 7) is 7.67. The summed E-state index contributed by atoms with van der Waals surface area (Å²) >= 11 is 0.